The number of hydrogen-bond acceptors (Lipinski definition) is 2. The summed E-state index contributed by atoms with van der Waals surface area (Å²) in [7, 11) is 0. The first-order chi connectivity index (χ1) is 10.2. The van der Waals surface area contributed by atoms with Crippen LogP contribution in [0.4, 0.5) is 0 Å². The van der Waals surface area contributed by atoms with Gasteiger partial charge in [0.25, 0.3) is 0 Å². The van der Waals surface area contributed by atoms with Crippen molar-refractivity contribution in [2.45, 2.75) is 53.0 Å². The molecule has 1 saturated heterocycles. The molecule has 2 heterocycles. The number of nitrogens with zero attached hydrogens (tertiary/aromatic N) is 2. The number of rotatable bonds is 4. The number of nitrogens with one attached hydrogen (secondary N) is 1. The maximum atomic E-state index is 4.92. The van der Waals surface area contributed by atoms with E-state index in [1.165, 1.54) is 53.9 Å². The van der Waals surface area contributed by atoms with Crippen LogP contribution < -0.4 is 5.32 Å². The number of benzene rings is 1. The molecule has 0 saturated carbocycles. The van der Waals surface area contributed by atoms with Gasteiger partial charge in [-0.1, -0.05) is 6.92 Å². The van der Waals surface area contributed by atoms with Crippen molar-refractivity contribution in [2.75, 3.05) is 13.1 Å². The van der Waals surface area contributed by atoms with E-state index in [9.17, 15) is 0 Å². The van der Waals surface area contributed by atoms with E-state index in [0.29, 0.717) is 0 Å². The minimum atomic E-state index is 0.792. The summed E-state index contributed by atoms with van der Waals surface area (Å²) in [5.41, 5.74) is 5.23. The Hall–Kier alpha value is -1.35. The zero-order valence-electron chi connectivity index (χ0n) is 13.6. The molecule has 0 radical (unpaired) electrons. The van der Waals surface area contributed by atoms with Crippen molar-refractivity contribution in [3.63, 3.8) is 0 Å². The minimum Gasteiger partial charge on any atom is -0.328 e. The molecule has 21 heavy (non-hydrogen) atoms. The molecule has 1 fully saturated rings. The Bertz CT molecular complexity index is 621. The number of hydrogen-bond donors (Lipinski definition) is 1. The van der Waals surface area contributed by atoms with Crippen molar-refractivity contribution in [3.8, 4) is 0 Å². The molecule has 1 aromatic heterocycles. The molecule has 114 valence electrons. The Balaban J connectivity index is 2.00. The van der Waals surface area contributed by atoms with Crippen molar-refractivity contribution in [2.24, 2.45) is 5.92 Å². The third-order valence-electron chi connectivity index (χ3n) is 4.82. The van der Waals surface area contributed by atoms with E-state index < -0.39 is 0 Å². The first kappa shape index (κ1) is 14.6. The monoisotopic (exact) mass is 285 g/mol. The molecule has 0 spiro atoms. The van der Waals surface area contributed by atoms with E-state index in [1.807, 2.05) is 0 Å². The van der Waals surface area contributed by atoms with Gasteiger partial charge in [0.1, 0.15) is 5.82 Å². The highest BCUT2D eigenvalue weighted by Gasteiger charge is 2.18. The molecular weight excluding hydrogens is 258 g/mol. The third-order valence-corrected chi connectivity index (χ3v) is 4.82. The van der Waals surface area contributed by atoms with Gasteiger partial charge in [0.2, 0.25) is 0 Å². The van der Waals surface area contributed by atoms with Crippen LogP contribution in [-0.4, -0.2) is 22.6 Å². The largest absolute Gasteiger partial charge is 0.328 e. The third kappa shape index (κ3) is 2.98. The van der Waals surface area contributed by atoms with Crippen molar-refractivity contribution in [1.29, 1.82) is 0 Å². The lowest BCUT2D eigenvalue weighted by Crippen LogP contribution is -2.30. The Kier molecular flexibility index (Phi) is 4.29. The molecule has 1 aromatic carbocycles. The summed E-state index contributed by atoms with van der Waals surface area (Å²) in [6.45, 7) is 10.1. The quantitative estimate of drug-likeness (QED) is 0.930. The molecule has 3 nitrogen and oxygen atoms in total. The number of fused-ring (bicyclic) bond motifs is 1. The summed E-state index contributed by atoms with van der Waals surface area (Å²) in [6.07, 6.45) is 4.82. The highest BCUT2D eigenvalue weighted by molar-refractivity contribution is 5.78. The molecule has 1 N–H and O–H groups in total. The summed E-state index contributed by atoms with van der Waals surface area (Å²) in [5, 5.41) is 3.46. The molecule has 0 bridgehead atoms. The van der Waals surface area contributed by atoms with Crippen LogP contribution in [0.3, 0.4) is 0 Å². The van der Waals surface area contributed by atoms with Crippen LogP contribution in [0.1, 0.15) is 43.1 Å². The fraction of sp³-hybridized carbons (Fsp3) is 0.611. The van der Waals surface area contributed by atoms with Gasteiger partial charge in [0.15, 0.2) is 0 Å². The minimum absolute atomic E-state index is 0.792. The second kappa shape index (κ2) is 6.18. The molecule has 3 rings (SSSR count). The molecule has 0 atom stereocenters. The van der Waals surface area contributed by atoms with Gasteiger partial charge in [-0.2, -0.15) is 0 Å². The predicted molar refractivity (Wildman–Crippen MR) is 88.8 cm³/mol. The maximum absolute atomic E-state index is 4.92. The van der Waals surface area contributed by atoms with Gasteiger partial charge in [0, 0.05) is 13.0 Å². The van der Waals surface area contributed by atoms with Gasteiger partial charge in [-0.3, -0.25) is 0 Å². The lowest BCUT2D eigenvalue weighted by atomic mass is 9.98. The maximum Gasteiger partial charge on any atom is 0.109 e. The van der Waals surface area contributed by atoms with Crippen molar-refractivity contribution in [3.05, 3.63) is 29.1 Å². The fourth-order valence-electron chi connectivity index (χ4n) is 3.37. The first-order valence-electron chi connectivity index (χ1n) is 8.36. The average Bonchev–Trinajstić information content (AvgIpc) is 2.79. The summed E-state index contributed by atoms with van der Waals surface area (Å²) in [4.78, 5) is 4.92. The predicted octanol–water partition coefficient (Wildman–Crippen LogP) is 3.61. The summed E-state index contributed by atoms with van der Waals surface area (Å²) in [6, 6.07) is 4.58. The van der Waals surface area contributed by atoms with E-state index in [-0.39, 0.29) is 0 Å². The summed E-state index contributed by atoms with van der Waals surface area (Å²) in [5.74, 6) is 2.07. The van der Waals surface area contributed by atoms with Gasteiger partial charge in [-0.15, -0.1) is 0 Å². The summed E-state index contributed by atoms with van der Waals surface area (Å²) < 4.78 is 2.50. The molecule has 3 heteroatoms. The van der Waals surface area contributed by atoms with Crippen LogP contribution in [0, 0.1) is 19.8 Å². The number of aryl methyl sites for hydroxylation is 3. The van der Waals surface area contributed by atoms with Gasteiger partial charge < -0.3 is 9.88 Å². The van der Waals surface area contributed by atoms with Crippen molar-refractivity contribution in [1.82, 2.24) is 14.9 Å². The Labute approximate surface area is 127 Å². The number of piperidine rings is 1. The first-order valence-corrected chi connectivity index (χ1v) is 8.36. The van der Waals surface area contributed by atoms with Gasteiger partial charge >= 0.3 is 0 Å². The Morgan fingerprint density at radius 2 is 1.90 bits per heavy atom. The molecule has 2 aromatic rings. The van der Waals surface area contributed by atoms with Crippen LogP contribution >= 0.6 is 0 Å². The smallest absolute Gasteiger partial charge is 0.109 e. The molecular formula is C18H27N3. The summed E-state index contributed by atoms with van der Waals surface area (Å²) >= 11 is 0. The van der Waals surface area contributed by atoms with Gasteiger partial charge in [-0.25, -0.2) is 4.98 Å². The molecule has 0 amide bonds. The van der Waals surface area contributed by atoms with E-state index in [2.05, 4.69) is 42.8 Å². The lowest BCUT2D eigenvalue weighted by Gasteiger charge is -2.24. The molecule has 0 aliphatic carbocycles. The van der Waals surface area contributed by atoms with Crippen LogP contribution in [0.25, 0.3) is 11.0 Å². The molecule has 1 aliphatic rings. The number of imidazole rings is 1. The zero-order chi connectivity index (χ0) is 14.8. The number of aromatic nitrogens is 2. The topological polar surface area (TPSA) is 29.9 Å². The van der Waals surface area contributed by atoms with Crippen molar-refractivity contribution >= 4 is 11.0 Å². The van der Waals surface area contributed by atoms with Crippen LogP contribution in [0.5, 0.6) is 0 Å². The highest BCUT2D eigenvalue weighted by atomic mass is 15.1. The van der Waals surface area contributed by atoms with Crippen LogP contribution in [0.15, 0.2) is 12.1 Å². The SMILES string of the molecule is CCCc1nc2cc(C)c(C)cc2n1CC1CCNCC1. The standard InChI is InChI=1S/C18H27N3/c1-4-5-18-20-16-10-13(2)14(3)11-17(16)21(18)12-15-6-8-19-9-7-15/h10-11,15,19H,4-9,12H2,1-3H3. The van der Waals surface area contributed by atoms with E-state index in [1.54, 1.807) is 0 Å². The average molecular weight is 285 g/mol. The van der Waals surface area contributed by atoms with E-state index in [0.717, 1.165) is 25.3 Å². The highest BCUT2D eigenvalue weighted by Crippen LogP contribution is 2.24. The molecule has 0 unspecified atom stereocenters. The van der Waals surface area contributed by atoms with Crippen LogP contribution in [-0.2, 0) is 13.0 Å². The molecule has 1 aliphatic heterocycles. The van der Waals surface area contributed by atoms with E-state index >= 15 is 0 Å². The Morgan fingerprint density at radius 3 is 2.62 bits per heavy atom. The zero-order valence-corrected chi connectivity index (χ0v) is 13.6. The van der Waals surface area contributed by atoms with Crippen molar-refractivity contribution < 1.29 is 0 Å². The lowest BCUT2D eigenvalue weighted by molar-refractivity contribution is 0.333. The normalized spacial score (nSPS) is 16.7. The van der Waals surface area contributed by atoms with E-state index in [4.69, 9.17) is 4.98 Å². The second-order valence-corrected chi connectivity index (χ2v) is 6.51. The van der Waals surface area contributed by atoms with Gasteiger partial charge in [0.05, 0.1) is 11.0 Å². The second-order valence-electron chi connectivity index (χ2n) is 6.51. The Morgan fingerprint density at radius 1 is 1.19 bits per heavy atom. The van der Waals surface area contributed by atoms with Gasteiger partial charge in [-0.05, 0) is 75.4 Å². The van der Waals surface area contributed by atoms with Crippen LogP contribution in [0.2, 0.25) is 0 Å². The fourth-order valence-corrected chi connectivity index (χ4v) is 3.37.